The minimum Gasteiger partial charge on any atom is -0.306 e. The lowest BCUT2D eigenvalue weighted by molar-refractivity contribution is 0.598. The van der Waals surface area contributed by atoms with E-state index in [0.717, 1.165) is 28.0 Å². The smallest absolute Gasteiger partial charge is 0.0577 e. The van der Waals surface area contributed by atoms with Crippen LogP contribution in [0.5, 0.6) is 0 Å². The molecule has 0 saturated carbocycles. The first-order valence-electron chi connectivity index (χ1n) is 6.86. The molecule has 20 heavy (non-hydrogen) atoms. The highest BCUT2D eigenvalue weighted by Crippen LogP contribution is 2.27. The van der Waals surface area contributed by atoms with Crippen LogP contribution in [0.15, 0.2) is 46.9 Å². The summed E-state index contributed by atoms with van der Waals surface area (Å²) in [7, 11) is 0. The molecular weight excluding hydrogens is 334 g/mol. The average Bonchev–Trinajstić information content (AvgIpc) is 2.45. The standard InChI is InChI=1S/C17H19BrClN/c1-3-10-20-17(13-6-8-15(18)9-7-13)14-5-4-12(2)16(19)11-14/h4-9,11,17,20H,3,10H2,1-2H3. The van der Waals surface area contributed by atoms with E-state index in [-0.39, 0.29) is 6.04 Å². The van der Waals surface area contributed by atoms with E-state index >= 15 is 0 Å². The van der Waals surface area contributed by atoms with Gasteiger partial charge in [0, 0.05) is 9.50 Å². The van der Waals surface area contributed by atoms with Gasteiger partial charge in [-0.2, -0.15) is 0 Å². The largest absolute Gasteiger partial charge is 0.306 e. The summed E-state index contributed by atoms with van der Waals surface area (Å²) in [5.41, 5.74) is 3.57. The van der Waals surface area contributed by atoms with Gasteiger partial charge in [0.25, 0.3) is 0 Å². The molecule has 0 aliphatic carbocycles. The van der Waals surface area contributed by atoms with Crippen molar-refractivity contribution in [2.24, 2.45) is 0 Å². The van der Waals surface area contributed by atoms with Crippen LogP contribution in [0.4, 0.5) is 0 Å². The third-order valence-electron chi connectivity index (χ3n) is 3.33. The lowest BCUT2D eigenvalue weighted by Crippen LogP contribution is -2.23. The summed E-state index contributed by atoms with van der Waals surface area (Å²) < 4.78 is 1.09. The van der Waals surface area contributed by atoms with Gasteiger partial charge in [0.1, 0.15) is 0 Å². The molecule has 0 heterocycles. The molecule has 1 N–H and O–H groups in total. The Balaban J connectivity index is 2.35. The van der Waals surface area contributed by atoms with Crippen LogP contribution < -0.4 is 5.32 Å². The lowest BCUT2D eigenvalue weighted by Gasteiger charge is -2.20. The second-order valence-corrected chi connectivity index (χ2v) is 6.27. The first-order valence-corrected chi connectivity index (χ1v) is 8.04. The summed E-state index contributed by atoms with van der Waals surface area (Å²) >= 11 is 9.75. The van der Waals surface area contributed by atoms with Gasteiger partial charge >= 0.3 is 0 Å². The van der Waals surface area contributed by atoms with E-state index in [2.05, 4.69) is 70.6 Å². The van der Waals surface area contributed by atoms with Crippen molar-refractivity contribution in [3.8, 4) is 0 Å². The summed E-state index contributed by atoms with van der Waals surface area (Å²) in [5.74, 6) is 0. The van der Waals surface area contributed by atoms with E-state index in [1.165, 1.54) is 11.1 Å². The molecule has 0 saturated heterocycles. The van der Waals surface area contributed by atoms with Crippen molar-refractivity contribution in [2.75, 3.05) is 6.54 Å². The number of hydrogen-bond donors (Lipinski definition) is 1. The molecule has 2 aromatic rings. The second-order valence-electron chi connectivity index (χ2n) is 4.95. The maximum Gasteiger partial charge on any atom is 0.0577 e. The maximum absolute atomic E-state index is 6.27. The van der Waals surface area contributed by atoms with Gasteiger partial charge in [0.05, 0.1) is 6.04 Å². The molecule has 106 valence electrons. The molecule has 1 unspecified atom stereocenters. The highest BCUT2D eigenvalue weighted by atomic mass is 79.9. The third-order valence-corrected chi connectivity index (χ3v) is 4.27. The summed E-state index contributed by atoms with van der Waals surface area (Å²) in [5, 5.41) is 4.42. The van der Waals surface area contributed by atoms with Gasteiger partial charge in [-0.05, 0) is 54.8 Å². The lowest BCUT2D eigenvalue weighted by atomic mass is 9.97. The van der Waals surface area contributed by atoms with Gasteiger partial charge in [-0.25, -0.2) is 0 Å². The van der Waals surface area contributed by atoms with Crippen molar-refractivity contribution < 1.29 is 0 Å². The number of rotatable bonds is 5. The number of halogens is 2. The SMILES string of the molecule is CCCNC(c1ccc(Br)cc1)c1ccc(C)c(Cl)c1. The van der Waals surface area contributed by atoms with Gasteiger partial charge in [-0.1, -0.05) is 58.7 Å². The summed E-state index contributed by atoms with van der Waals surface area (Å²) in [6.45, 7) is 5.18. The third kappa shape index (κ3) is 3.85. The predicted molar refractivity (Wildman–Crippen MR) is 90.5 cm³/mol. The number of benzene rings is 2. The summed E-state index contributed by atoms with van der Waals surface area (Å²) in [6, 6.07) is 14.9. The molecule has 1 atom stereocenters. The molecule has 2 aromatic carbocycles. The fourth-order valence-electron chi connectivity index (χ4n) is 2.16. The molecule has 3 heteroatoms. The van der Waals surface area contributed by atoms with Crippen molar-refractivity contribution in [1.82, 2.24) is 5.32 Å². The van der Waals surface area contributed by atoms with Crippen LogP contribution in [0, 0.1) is 6.92 Å². The molecule has 0 radical (unpaired) electrons. The van der Waals surface area contributed by atoms with E-state index in [1.807, 2.05) is 6.92 Å². The second kappa shape index (κ2) is 7.26. The number of aryl methyl sites for hydroxylation is 1. The van der Waals surface area contributed by atoms with Gasteiger partial charge in [-0.15, -0.1) is 0 Å². The Labute approximate surface area is 134 Å². The van der Waals surface area contributed by atoms with Crippen LogP contribution >= 0.6 is 27.5 Å². The zero-order valence-electron chi connectivity index (χ0n) is 11.8. The Kier molecular flexibility index (Phi) is 5.64. The molecule has 0 fully saturated rings. The van der Waals surface area contributed by atoms with Crippen LogP contribution in [0.25, 0.3) is 0 Å². The molecule has 0 spiro atoms. The monoisotopic (exact) mass is 351 g/mol. The Morgan fingerprint density at radius 1 is 1.10 bits per heavy atom. The maximum atomic E-state index is 6.27. The van der Waals surface area contributed by atoms with Crippen LogP contribution in [0.3, 0.4) is 0 Å². The van der Waals surface area contributed by atoms with Crippen molar-refractivity contribution in [2.45, 2.75) is 26.3 Å². The van der Waals surface area contributed by atoms with Crippen LogP contribution in [-0.2, 0) is 0 Å². The molecule has 1 nitrogen and oxygen atoms in total. The minimum atomic E-state index is 0.182. The molecule has 0 aliphatic heterocycles. The normalized spacial score (nSPS) is 12.4. The molecule has 0 bridgehead atoms. The van der Waals surface area contributed by atoms with Gasteiger partial charge in [0.2, 0.25) is 0 Å². The van der Waals surface area contributed by atoms with Crippen molar-refractivity contribution in [3.63, 3.8) is 0 Å². The fraction of sp³-hybridized carbons (Fsp3) is 0.294. The Hall–Kier alpha value is -0.830. The highest BCUT2D eigenvalue weighted by molar-refractivity contribution is 9.10. The molecule has 0 aliphatic rings. The summed E-state index contributed by atoms with van der Waals surface area (Å²) in [6.07, 6.45) is 1.10. The van der Waals surface area contributed by atoms with Crippen molar-refractivity contribution in [1.29, 1.82) is 0 Å². The molecule has 2 rings (SSSR count). The highest BCUT2D eigenvalue weighted by Gasteiger charge is 2.14. The quantitative estimate of drug-likeness (QED) is 0.749. The van der Waals surface area contributed by atoms with Gasteiger partial charge < -0.3 is 5.32 Å². The van der Waals surface area contributed by atoms with Gasteiger partial charge in [0.15, 0.2) is 0 Å². The minimum absolute atomic E-state index is 0.182. The Morgan fingerprint density at radius 3 is 2.35 bits per heavy atom. The van der Waals surface area contributed by atoms with Crippen LogP contribution in [0.1, 0.15) is 36.1 Å². The van der Waals surface area contributed by atoms with Crippen LogP contribution in [-0.4, -0.2) is 6.54 Å². The van der Waals surface area contributed by atoms with Crippen LogP contribution in [0.2, 0.25) is 5.02 Å². The molecule has 0 aromatic heterocycles. The van der Waals surface area contributed by atoms with Crippen molar-refractivity contribution >= 4 is 27.5 Å². The van der Waals surface area contributed by atoms with E-state index < -0.39 is 0 Å². The number of nitrogens with one attached hydrogen (secondary N) is 1. The molecular formula is C17H19BrClN. The summed E-state index contributed by atoms with van der Waals surface area (Å²) in [4.78, 5) is 0. The zero-order chi connectivity index (χ0) is 14.5. The Bertz CT molecular complexity index is 566. The van der Waals surface area contributed by atoms with E-state index in [4.69, 9.17) is 11.6 Å². The van der Waals surface area contributed by atoms with Gasteiger partial charge in [-0.3, -0.25) is 0 Å². The number of hydrogen-bond acceptors (Lipinski definition) is 1. The van der Waals surface area contributed by atoms with Crippen molar-refractivity contribution in [3.05, 3.63) is 68.7 Å². The van der Waals surface area contributed by atoms with E-state index in [0.29, 0.717) is 0 Å². The fourth-order valence-corrected chi connectivity index (χ4v) is 2.61. The van der Waals surface area contributed by atoms with E-state index in [9.17, 15) is 0 Å². The van der Waals surface area contributed by atoms with E-state index in [1.54, 1.807) is 0 Å². The average molecular weight is 353 g/mol. The zero-order valence-corrected chi connectivity index (χ0v) is 14.1. The molecule has 0 amide bonds. The topological polar surface area (TPSA) is 12.0 Å². The Morgan fingerprint density at radius 2 is 1.75 bits per heavy atom. The predicted octanol–water partition coefficient (Wildman–Crippen LogP) is 5.50. The first-order chi connectivity index (χ1) is 9.61. The first kappa shape index (κ1) is 15.6.